The summed E-state index contributed by atoms with van der Waals surface area (Å²) in [6.45, 7) is 2.92. The van der Waals surface area contributed by atoms with Gasteiger partial charge in [-0.1, -0.05) is 6.07 Å². The lowest BCUT2D eigenvalue weighted by atomic mass is 10.1. The van der Waals surface area contributed by atoms with E-state index in [1.165, 1.54) is 11.3 Å². The normalized spacial score (nSPS) is 12.9. The van der Waals surface area contributed by atoms with Crippen molar-refractivity contribution in [3.63, 3.8) is 0 Å². The number of hydrogen-bond donors (Lipinski definition) is 1. The van der Waals surface area contributed by atoms with Gasteiger partial charge in [0.2, 0.25) is 0 Å². The van der Waals surface area contributed by atoms with Gasteiger partial charge in [0.1, 0.15) is 24.6 Å². The molecule has 8 heteroatoms. The molecule has 0 fully saturated rings. The number of amides is 1. The van der Waals surface area contributed by atoms with Gasteiger partial charge in [0.15, 0.2) is 16.6 Å². The maximum absolute atomic E-state index is 12.8. The minimum absolute atomic E-state index is 0.237. The van der Waals surface area contributed by atoms with Gasteiger partial charge >= 0.3 is 0 Å². The highest BCUT2D eigenvalue weighted by Crippen LogP contribution is 2.35. The number of thiazole rings is 1. The van der Waals surface area contributed by atoms with Crippen LogP contribution in [0.2, 0.25) is 0 Å². The summed E-state index contributed by atoms with van der Waals surface area (Å²) in [6.07, 6.45) is 1.83. The Balaban J connectivity index is 1.41. The van der Waals surface area contributed by atoms with Crippen molar-refractivity contribution in [2.24, 2.45) is 0 Å². The molecule has 1 amide bonds. The lowest BCUT2D eigenvalue weighted by Crippen LogP contribution is -2.15. The van der Waals surface area contributed by atoms with Crippen molar-refractivity contribution in [2.45, 2.75) is 6.92 Å². The highest BCUT2D eigenvalue weighted by atomic mass is 32.1. The zero-order valence-electron chi connectivity index (χ0n) is 15.0. The van der Waals surface area contributed by atoms with Crippen molar-refractivity contribution >= 4 is 28.0 Å². The first-order chi connectivity index (χ1) is 13.7. The number of nitrogens with one attached hydrogen (secondary N) is 1. The highest BCUT2D eigenvalue weighted by Gasteiger charge is 2.18. The molecular formula is C20H16N4O3S. The monoisotopic (exact) mass is 392 g/mol. The molecule has 4 aromatic rings. The number of carbonyl (C=O) groups is 1. The number of hydrogen-bond acceptors (Lipinski definition) is 6. The molecule has 1 aliphatic rings. The Bertz CT molecular complexity index is 1200. The Morgan fingerprint density at radius 3 is 2.89 bits per heavy atom. The van der Waals surface area contributed by atoms with Crippen molar-refractivity contribution in [2.75, 3.05) is 18.5 Å². The summed E-state index contributed by atoms with van der Waals surface area (Å²) in [6, 6.07) is 11.3. The maximum Gasteiger partial charge on any atom is 0.276 e. The van der Waals surface area contributed by atoms with Crippen molar-refractivity contribution in [1.82, 2.24) is 14.4 Å². The van der Waals surface area contributed by atoms with E-state index >= 15 is 0 Å². The van der Waals surface area contributed by atoms with E-state index in [1.54, 1.807) is 4.40 Å². The molecule has 0 radical (unpaired) electrons. The zero-order valence-corrected chi connectivity index (χ0v) is 15.8. The molecule has 0 saturated carbocycles. The molecule has 0 unspecified atom stereocenters. The van der Waals surface area contributed by atoms with E-state index < -0.39 is 0 Å². The number of aryl methyl sites for hydroxylation is 1. The summed E-state index contributed by atoms with van der Waals surface area (Å²) >= 11 is 1.37. The SMILES string of the molecule is Cc1nc2ccccn2c1C(=O)Nc1nc(-c2ccc3c(c2)OCCO3)cs1. The fraction of sp³-hybridized carbons (Fsp3) is 0.150. The molecule has 0 aliphatic carbocycles. The first-order valence-electron chi connectivity index (χ1n) is 8.79. The van der Waals surface area contributed by atoms with Crippen LogP contribution in [-0.4, -0.2) is 33.5 Å². The molecule has 5 rings (SSSR count). The van der Waals surface area contributed by atoms with Crippen LogP contribution >= 0.6 is 11.3 Å². The van der Waals surface area contributed by atoms with Gasteiger partial charge < -0.3 is 9.47 Å². The lowest BCUT2D eigenvalue weighted by molar-refractivity contribution is 0.102. The molecule has 1 aliphatic heterocycles. The third-order valence-corrected chi connectivity index (χ3v) is 5.24. The van der Waals surface area contributed by atoms with Crippen LogP contribution in [0.5, 0.6) is 11.5 Å². The molecule has 3 aromatic heterocycles. The summed E-state index contributed by atoms with van der Waals surface area (Å²) in [4.78, 5) is 21.8. The molecule has 0 saturated heterocycles. The number of nitrogens with zero attached hydrogens (tertiary/aromatic N) is 3. The van der Waals surface area contributed by atoms with E-state index in [4.69, 9.17) is 9.47 Å². The summed E-state index contributed by atoms with van der Waals surface area (Å²) < 4.78 is 13.0. The third-order valence-electron chi connectivity index (χ3n) is 4.48. The molecule has 140 valence electrons. The Kier molecular flexibility index (Phi) is 3.98. The van der Waals surface area contributed by atoms with Gasteiger partial charge in [-0.05, 0) is 37.3 Å². The Morgan fingerprint density at radius 1 is 1.14 bits per heavy atom. The van der Waals surface area contributed by atoms with E-state index in [2.05, 4.69) is 15.3 Å². The molecular weight excluding hydrogens is 376 g/mol. The number of pyridine rings is 1. The number of ether oxygens (including phenoxy) is 2. The van der Waals surface area contributed by atoms with Crippen LogP contribution in [-0.2, 0) is 0 Å². The van der Waals surface area contributed by atoms with E-state index in [0.29, 0.717) is 35.5 Å². The predicted molar refractivity (Wildman–Crippen MR) is 106 cm³/mol. The molecule has 0 spiro atoms. The summed E-state index contributed by atoms with van der Waals surface area (Å²) in [5, 5.41) is 5.31. The number of carbonyl (C=O) groups excluding carboxylic acids is 1. The second-order valence-corrected chi connectivity index (χ2v) is 7.18. The number of imidazole rings is 1. The van der Waals surface area contributed by atoms with E-state index in [-0.39, 0.29) is 5.91 Å². The standard InChI is InChI=1S/C20H16N4O3S/c1-12-18(24-7-3-2-4-17(24)21-12)19(25)23-20-22-14(11-28-20)13-5-6-15-16(10-13)27-9-8-26-15/h2-7,10-11H,8-9H2,1H3,(H,22,23,25). The van der Waals surface area contributed by atoms with Crippen LogP contribution in [0, 0.1) is 6.92 Å². The van der Waals surface area contributed by atoms with Gasteiger partial charge in [0, 0.05) is 17.1 Å². The summed E-state index contributed by atoms with van der Waals surface area (Å²) in [5.74, 6) is 1.21. The third kappa shape index (κ3) is 2.87. The van der Waals surface area contributed by atoms with Crippen LogP contribution in [0.4, 0.5) is 5.13 Å². The van der Waals surface area contributed by atoms with E-state index in [9.17, 15) is 4.79 Å². The minimum atomic E-state index is -0.237. The van der Waals surface area contributed by atoms with Gasteiger partial charge in [-0.25, -0.2) is 9.97 Å². The average molecular weight is 392 g/mol. The fourth-order valence-electron chi connectivity index (χ4n) is 3.21. The Hall–Kier alpha value is -3.39. The largest absolute Gasteiger partial charge is 0.486 e. The smallest absolute Gasteiger partial charge is 0.276 e. The second-order valence-electron chi connectivity index (χ2n) is 6.33. The topological polar surface area (TPSA) is 77.8 Å². The molecule has 0 bridgehead atoms. The molecule has 1 N–H and O–H groups in total. The molecule has 7 nitrogen and oxygen atoms in total. The number of rotatable bonds is 3. The molecule has 0 atom stereocenters. The van der Waals surface area contributed by atoms with Crippen molar-refractivity contribution < 1.29 is 14.3 Å². The van der Waals surface area contributed by atoms with Crippen molar-refractivity contribution in [1.29, 1.82) is 0 Å². The Morgan fingerprint density at radius 2 is 2.00 bits per heavy atom. The summed E-state index contributed by atoms with van der Waals surface area (Å²) in [7, 11) is 0. The predicted octanol–water partition coefficient (Wildman–Crippen LogP) is 3.79. The average Bonchev–Trinajstić information content (AvgIpc) is 3.31. The zero-order chi connectivity index (χ0) is 19.1. The number of fused-ring (bicyclic) bond motifs is 2. The maximum atomic E-state index is 12.8. The van der Waals surface area contributed by atoms with Crippen LogP contribution in [0.3, 0.4) is 0 Å². The van der Waals surface area contributed by atoms with Crippen LogP contribution in [0.25, 0.3) is 16.9 Å². The van der Waals surface area contributed by atoms with Gasteiger partial charge in [-0.15, -0.1) is 11.3 Å². The molecule has 1 aromatic carbocycles. The van der Waals surface area contributed by atoms with Crippen molar-refractivity contribution in [3.05, 3.63) is 59.4 Å². The first kappa shape index (κ1) is 16.8. The van der Waals surface area contributed by atoms with Gasteiger partial charge in [0.25, 0.3) is 5.91 Å². The quantitative estimate of drug-likeness (QED) is 0.574. The van der Waals surface area contributed by atoms with Crippen molar-refractivity contribution in [3.8, 4) is 22.8 Å². The lowest BCUT2D eigenvalue weighted by Gasteiger charge is -2.18. The minimum Gasteiger partial charge on any atom is -0.486 e. The summed E-state index contributed by atoms with van der Waals surface area (Å²) in [5.41, 5.74) is 3.60. The van der Waals surface area contributed by atoms with Crippen LogP contribution in [0.1, 0.15) is 16.2 Å². The van der Waals surface area contributed by atoms with Gasteiger partial charge in [0.05, 0.1) is 11.4 Å². The van der Waals surface area contributed by atoms with E-state index in [1.807, 2.05) is 54.9 Å². The second kappa shape index (κ2) is 6.65. The van der Waals surface area contributed by atoms with Crippen LogP contribution < -0.4 is 14.8 Å². The van der Waals surface area contributed by atoms with Gasteiger partial charge in [-0.2, -0.15) is 0 Å². The number of anilines is 1. The fourth-order valence-corrected chi connectivity index (χ4v) is 3.92. The molecule has 4 heterocycles. The number of aromatic nitrogens is 3. The van der Waals surface area contributed by atoms with Gasteiger partial charge in [-0.3, -0.25) is 14.5 Å². The van der Waals surface area contributed by atoms with Crippen LogP contribution in [0.15, 0.2) is 48.0 Å². The molecule has 28 heavy (non-hydrogen) atoms. The van der Waals surface area contributed by atoms with E-state index in [0.717, 1.165) is 22.7 Å². The highest BCUT2D eigenvalue weighted by molar-refractivity contribution is 7.14. The first-order valence-corrected chi connectivity index (χ1v) is 9.67. The Labute approximate surface area is 164 Å². The number of benzene rings is 1.